The Balaban J connectivity index is 2.63. The van der Waals surface area contributed by atoms with E-state index in [9.17, 15) is 9.59 Å². The summed E-state index contributed by atoms with van der Waals surface area (Å²) in [5.74, 6) is -0.962. The van der Waals surface area contributed by atoms with Crippen LogP contribution in [0.1, 0.15) is 18.4 Å². The van der Waals surface area contributed by atoms with Gasteiger partial charge in [-0.25, -0.2) is 4.79 Å². The molecule has 4 nitrogen and oxygen atoms in total. The molecule has 0 saturated heterocycles. The zero-order chi connectivity index (χ0) is 12.0. The molecule has 1 rings (SSSR count). The summed E-state index contributed by atoms with van der Waals surface area (Å²) >= 11 is 0. The molecule has 0 heterocycles. The van der Waals surface area contributed by atoms with Crippen molar-refractivity contribution >= 4 is 17.9 Å². The summed E-state index contributed by atoms with van der Waals surface area (Å²) in [5, 5.41) is 11.8. The van der Waals surface area contributed by atoms with Gasteiger partial charge in [-0.05, 0) is 25.5 Å². The third kappa shape index (κ3) is 3.73. The molecule has 0 aliphatic heterocycles. The van der Waals surface area contributed by atoms with E-state index < -0.39 is 12.0 Å². The Morgan fingerprint density at radius 1 is 1.50 bits per heavy atom. The van der Waals surface area contributed by atoms with E-state index in [1.807, 2.05) is 31.2 Å². The number of benzene rings is 1. The molecule has 4 heteroatoms. The third-order valence-electron chi connectivity index (χ3n) is 2.23. The number of anilines is 1. The number of nitrogens with one attached hydrogen (secondary N) is 1. The van der Waals surface area contributed by atoms with Gasteiger partial charge < -0.3 is 10.4 Å². The summed E-state index contributed by atoms with van der Waals surface area (Å²) in [6.45, 7) is 1.96. The Kier molecular flexibility index (Phi) is 4.51. The van der Waals surface area contributed by atoms with E-state index in [2.05, 4.69) is 5.32 Å². The van der Waals surface area contributed by atoms with E-state index >= 15 is 0 Å². The fourth-order valence-corrected chi connectivity index (χ4v) is 1.31. The molecule has 0 aliphatic carbocycles. The van der Waals surface area contributed by atoms with Gasteiger partial charge in [0.2, 0.25) is 0 Å². The first-order valence-electron chi connectivity index (χ1n) is 5.04. The van der Waals surface area contributed by atoms with Crippen molar-refractivity contribution in [3.8, 4) is 0 Å². The number of aryl methyl sites for hydroxylation is 1. The minimum Gasteiger partial charge on any atom is -0.480 e. The lowest BCUT2D eigenvalue weighted by molar-refractivity contribution is -0.138. The van der Waals surface area contributed by atoms with Crippen LogP contribution >= 0.6 is 0 Å². The molecule has 0 fully saturated rings. The number of hydrogen-bond donors (Lipinski definition) is 2. The summed E-state index contributed by atoms with van der Waals surface area (Å²) in [6, 6.07) is 6.68. The summed E-state index contributed by atoms with van der Waals surface area (Å²) < 4.78 is 0. The highest BCUT2D eigenvalue weighted by atomic mass is 16.4. The van der Waals surface area contributed by atoms with Crippen LogP contribution in [0.3, 0.4) is 0 Å². The monoisotopic (exact) mass is 222 g/mol. The van der Waals surface area contributed by atoms with Crippen LogP contribution < -0.4 is 5.32 Å². The van der Waals surface area contributed by atoms with Crippen molar-refractivity contribution in [1.29, 1.82) is 0 Å². The van der Waals surface area contributed by atoms with Crippen molar-refractivity contribution in [2.75, 3.05) is 5.32 Å². The number of hydrogen-bond acceptors (Lipinski definition) is 3. The summed E-state index contributed by atoms with van der Waals surface area (Å²) in [6.07, 6.45) is 2.06. The summed E-state index contributed by atoms with van der Waals surface area (Å²) in [7, 11) is 0. The van der Waals surface area contributed by atoms with Gasteiger partial charge in [0.1, 0.15) is 6.04 Å². The van der Waals surface area contributed by atoms with E-state index in [1.165, 1.54) is 0 Å². The third-order valence-corrected chi connectivity index (χ3v) is 2.23. The smallest absolute Gasteiger partial charge is 0.326 e. The van der Waals surface area contributed by atoms with Crippen LogP contribution in [0.4, 0.5) is 5.69 Å². The second kappa shape index (κ2) is 5.90. The van der Waals surface area contributed by atoms with Crippen LogP contribution in [0.2, 0.25) is 0 Å². The van der Waals surface area contributed by atoms with Crippen molar-refractivity contribution in [3.63, 3.8) is 0 Å². The van der Waals surface area contributed by atoms with Gasteiger partial charge in [-0.1, -0.05) is 17.7 Å². The molecule has 2 N–H and O–H groups in total. The fourth-order valence-electron chi connectivity index (χ4n) is 1.31. The van der Waals surface area contributed by atoms with Crippen LogP contribution in [0, 0.1) is 6.92 Å². The first-order chi connectivity index (χ1) is 7.63. The first kappa shape index (κ1) is 12.2. The average Bonchev–Trinajstić information content (AvgIpc) is 2.26. The highest BCUT2D eigenvalue weighted by Gasteiger charge is 2.16. The fraction of sp³-hybridized carbons (Fsp3) is 0.333. The van der Waals surface area contributed by atoms with Crippen molar-refractivity contribution in [3.05, 3.63) is 29.8 Å². The Hall–Kier alpha value is -1.84. The van der Waals surface area contributed by atoms with E-state index in [-0.39, 0.29) is 12.8 Å². The molecule has 1 aromatic carbocycles. The molecule has 0 aromatic heterocycles. The second-order valence-electron chi connectivity index (χ2n) is 3.58. The van der Waals surface area contributed by atoms with Gasteiger partial charge in [0.15, 0.2) is 6.29 Å². The Bertz CT molecular complexity index is 359. The SMILES string of the molecule is Cc1ccc(N[C@@H](C[14CH2][C]=O)C(=O)O)cc1. The van der Waals surface area contributed by atoms with Gasteiger partial charge in [-0.3, -0.25) is 4.79 Å². The molecule has 0 unspecified atom stereocenters. The van der Waals surface area contributed by atoms with Crippen molar-refractivity contribution in [2.45, 2.75) is 25.8 Å². The normalized spacial score (nSPS) is 11.8. The van der Waals surface area contributed by atoms with E-state index in [0.29, 0.717) is 0 Å². The molecule has 0 spiro atoms. The van der Waals surface area contributed by atoms with Gasteiger partial charge in [0.25, 0.3) is 0 Å². The van der Waals surface area contributed by atoms with Crippen LogP contribution in [0.5, 0.6) is 0 Å². The van der Waals surface area contributed by atoms with Crippen LogP contribution in [0.25, 0.3) is 0 Å². The second-order valence-corrected chi connectivity index (χ2v) is 3.58. The number of carbonyl (C=O) groups is 1. The molecule has 0 bridgehead atoms. The van der Waals surface area contributed by atoms with Crippen LogP contribution in [-0.4, -0.2) is 23.4 Å². The number of rotatable bonds is 6. The average molecular weight is 222 g/mol. The lowest BCUT2D eigenvalue weighted by Crippen LogP contribution is -2.29. The predicted molar refractivity (Wildman–Crippen MR) is 61.2 cm³/mol. The van der Waals surface area contributed by atoms with Crippen LogP contribution in [-0.2, 0) is 9.59 Å². The molecule has 1 radical (unpaired) electrons. The van der Waals surface area contributed by atoms with E-state index in [1.54, 1.807) is 6.29 Å². The summed E-state index contributed by atoms with van der Waals surface area (Å²) in [4.78, 5) is 21.0. The molecule has 16 heavy (non-hydrogen) atoms. The molecule has 1 atom stereocenters. The van der Waals surface area contributed by atoms with Gasteiger partial charge in [-0.15, -0.1) is 0 Å². The van der Waals surface area contributed by atoms with Crippen molar-refractivity contribution in [1.82, 2.24) is 0 Å². The minimum absolute atomic E-state index is 0.121. The maximum atomic E-state index is 10.9. The predicted octanol–water partition coefficient (Wildman–Crippen LogP) is 1.75. The minimum atomic E-state index is -0.962. The quantitative estimate of drug-likeness (QED) is 0.769. The van der Waals surface area contributed by atoms with Crippen molar-refractivity contribution < 1.29 is 14.7 Å². The summed E-state index contributed by atoms with van der Waals surface area (Å²) in [5.41, 5.74) is 1.85. The molecular formula is C12H14NO3. The molecule has 1 aromatic rings. The Morgan fingerprint density at radius 2 is 2.12 bits per heavy atom. The topological polar surface area (TPSA) is 66.4 Å². The molecule has 0 amide bonds. The molecule has 0 saturated carbocycles. The zero-order valence-electron chi connectivity index (χ0n) is 9.06. The molecule has 85 valence electrons. The van der Waals surface area contributed by atoms with Gasteiger partial charge in [0, 0.05) is 12.1 Å². The van der Waals surface area contributed by atoms with Gasteiger partial charge in [-0.2, -0.15) is 0 Å². The number of carboxylic acids is 1. The van der Waals surface area contributed by atoms with Crippen molar-refractivity contribution in [2.24, 2.45) is 0 Å². The maximum absolute atomic E-state index is 10.9. The van der Waals surface area contributed by atoms with E-state index in [4.69, 9.17) is 5.11 Å². The van der Waals surface area contributed by atoms with Gasteiger partial charge >= 0.3 is 5.97 Å². The largest absolute Gasteiger partial charge is 0.480 e. The maximum Gasteiger partial charge on any atom is 0.326 e. The Labute approximate surface area is 94.3 Å². The lowest BCUT2D eigenvalue weighted by atomic mass is 10.2. The lowest BCUT2D eigenvalue weighted by Gasteiger charge is -2.14. The van der Waals surface area contributed by atoms with Crippen LogP contribution in [0.15, 0.2) is 24.3 Å². The highest BCUT2D eigenvalue weighted by Crippen LogP contribution is 2.12. The number of aliphatic carboxylic acids is 1. The molecular weight excluding hydrogens is 208 g/mol. The number of carbonyl (C=O) groups excluding carboxylic acids is 1. The standard InChI is InChI=1S/C12H14NO3/c1-9-4-6-10(7-5-9)13-11(12(15)16)3-2-8-14/h4-7,11,13H,2-3H2,1H3,(H,15,16)/t11-/m0/s1/i2+2. The van der Waals surface area contributed by atoms with E-state index in [0.717, 1.165) is 11.3 Å². The highest BCUT2D eigenvalue weighted by molar-refractivity contribution is 5.77. The Morgan fingerprint density at radius 3 is 2.62 bits per heavy atom. The zero-order valence-corrected chi connectivity index (χ0v) is 9.06. The first-order valence-corrected chi connectivity index (χ1v) is 5.04. The number of carboxylic acid groups (broad SMARTS) is 1. The molecule has 0 aliphatic rings. The van der Waals surface area contributed by atoms with Gasteiger partial charge in [0.05, 0.1) is 0 Å².